The minimum absolute atomic E-state index is 0.0129. The van der Waals surface area contributed by atoms with Crippen LogP contribution in [-0.2, 0) is 24.3 Å². The summed E-state index contributed by atoms with van der Waals surface area (Å²) in [5.41, 5.74) is 1.48. The molecule has 0 bridgehead atoms. The first kappa shape index (κ1) is 21.4. The van der Waals surface area contributed by atoms with E-state index >= 15 is 0 Å². The van der Waals surface area contributed by atoms with E-state index in [2.05, 4.69) is 10.0 Å². The van der Waals surface area contributed by atoms with Crippen LogP contribution in [0.4, 0.5) is 5.69 Å². The number of esters is 1. The molecule has 28 heavy (non-hydrogen) atoms. The van der Waals surface area contributed by atoms with Crippen molar-refractivity contribution >= 4 is 27.6 Å². The van der Waals surface area contributed by atoms with Crippen molar-refractivity contribution in [1.29, 1.82) is 0 Å². The van der Waals surface area contributed by atoms with Crippen molar-refractivity contribution < 1.29 is 27.5 Å². The molecule has 0 spiro atoms. The smallest absolute Gasteiger partial charge is 0.321 e. The first-order chi connectivity index (χ1) is 13.3. The summed E-state index contributed by atoms with van der Waals surface area (Å²) in [6.45, 7) is 3.01. The van der Waals surface area contributed by atoms with Gasteiger partial charge in [0.1, 0.15) is 12.3 Å². The zero-order chi connectivity index (χ0) is 20.6. The fourth-order valence-corrected chi connectivity index (χ4v) is 3.18. The molecule has 0 saturated carbocycles. The molecule has 0 saturated heterocycles. The van der Waals surface area contributed by atoms with E-state index in [9.17, 15) is 18.0 Å². The van der Waals surface area contributed by atoms with Crippen LogP contribution < -0.4 is 14.8 Å². The second-order valence-electron chi connectivity index (χ2n) is 5.75. The number of hydrogen-bond acceptors (Lipinski definition) is 6. The number of aryl methyl sites for hydroxylation is 1. The number of para-hydroxylation sites is 1. The van der Waals surface area contributed by atoms with Crippen molar-refractivity contribution in [1.82, 2.24) is 4.72 Å². The normalized spacial score (nSPS) is 10.9. The number of hydrogen-bond donors (Lipinski definition) is 2. The topological polar surface area (TPSA) is 111 Å². The Morgan fingerprint density at radius 1 is 1.04 bits per heavy atom. The first-order valence-corrected chi connectivity index (χ1v) is 10.0. The van der Waals surface area contributed by atoms with Gasteiger partial charge in [-0.15, -0.1) is 0 Å². The zero-order valence-electron chi connectivity index (χ0n) is 15.6. The maximum atomic E-state index is 12.2. The fourth-order valence-electron chi connectivity index (χ4n) is 2.22. The van der Waals surface area contributed by atoms with Crippen molar-refractivity contribution in [2.24, 2.45) is 0 Å². The minimum Gasteiger partial charge on any atom is -0.494 e. The molecule has 9 heteroatoms. The standard InChI is InChI=1S/C19H22N2O6S/c1-3-26-15-8-10-16(11-9-15)28(24,25)20-12-19(23)27-13-18(22)21-17-7-5-4-6-14(17)2/h4-11,20H,3,12-13H2,1-2H3,(H,21,22). The molecule has 2 aromatic rings. The molecule has 2 rings (SSSR count). The van der Waals surface area contributed by atoms with E-state index in [1.165, 1.54) is 24.3 Å². The van der Waals surface area contributed by atoms with Crippen molar-refractivity contribution in [2.45, 2.75) is 18.7 Å². The van der Waals surface area contributed by atoms with Crippen LogP contribution in [0.15, 0.2) is 53.4 Å². The number of rotatable bonds is 9. The molecule has 0 unspecified atom stereocenters. The number of sulfonamides is 1. The van der Waals surface area contributed by atoms with E-state index in [1.54, 1.807) is 12.1 Å². The van der Waals surface area contributed by atoms with Gasteiger partial charge >= 0.3 is 5.97 Å². The number of carbonyl (C=O) groups is 2. The molecule has 2 N–H and O–H groups in total. The van der Waals surface area contributed by atoms with Crippen molar-refractivity contribution in [2.75, 3.05) is 25.1 Å². The Labute approximate surface area is 163 Å². The molecular formula is C19H22N2O6S. The molecule has 0 radical (unpaired) electrons. The Bertz CT molecular complexity index is 926. The summed E-state index contributed by atoms with van der Waals surface area (Å²) in [4.78, 5) is 23.6. The average Bonchev–Trinajstić information content (AvgIpc) is 2.67. The second kappa shape index (κ2) is 9.86. The summed E-state index contributed by atoms with van der Waals surface area (Å²) in [6, 6.07) is 12.9. The highest BCUT2D eigenvalue weighted by Crippen LogP contribution is 2.16. The predicted octanol–water partition coefficient (Wildman–Crippen LogP) is 1.85. The number of nitrogens with one attached hydrogen (secondary N) is 2. The molecular weight excluding hydrogens is 384 g/mol. The molecule has 0 aliphatic rings. The van der Waals surface area contributed by atoms with Crippen molar-refractivity contribution in [3.8, 4) is 5.75 Å². The van der Waals surface area contributed by atoms with E-state index in [1.807, 2.05) is 26.0 Å². The van der Waals surface area contributed by atoms with Crippen molar-refractivity contribution in [3.63, 3.8) is 0 Å². The maximum Gasteiger partial charge on any atom is 0.321 e. The van der Waals surface area contributed by atoms with E-state index < -0.39 is 35.1 Å². The lowest BCUT2D eigenvalue weighted by Gasteiger charge is -2.10. The van der Waals surface area contributed by atoms with Gasteiger partial charge in [-0.05, 0) is 49.7 Å². The van der Waals surface area contributed by atoms with Gasteiger partial charge in [-0.25, -0.2) is 8.42 Å². The lowest BCUT2D eigenvalue weighted by molar-refractivity contribution is -0.146. The predicted molar refractivity (Wildman–Crippen MR) is 104 cm³/mol. The van der Waals surface area contributed by atoms with Gasteiger partial charge < -0.3 is 14.8 Å². The van der Waals surface area contributed by atoms with E-state index in [0.29, 0.717) is 18.0 Å². The van der Waals surface area contributed by atoms with Crippen LogP contribution >= 0.6 is 0 Å². The van der Waals surface area contributed by atoms with Crippen LogP contribution in [0.1, 0.15) is 12.5 Å². The van der Waals surface area contributed by atoms with Crippen LogP contribution in [0.25, 0.3) is 0 Å². The molecule has 0 heterocycles. The Morgan fingerprint density at radius 2 is 1.71 bits per heavy atom. The minimum atomic E-state index is -3.89. The molecule has 1 amide bonds. The third-order valence-electron chi connectivity index (χ3n) is 3.63. The van der Waals surface area contributed by atoms with E-state index in [-0.39, 0.29) is 4.90 Å². The van der Waals surface area contributed by atoms with Gasteiger partial charge in [0.05, 0.1) is 11.5 Å². The van der Waals surface area contributed by atoms with Gasteiger partial charge in [0.15, 0.2) is 6.61 Å². The second-order valence-corrected chi connectivity index (χ2v) is 7.52. The third-order valence-corrected chi connectivity index (χ3v) is 5.05. The summed E-state index contributed by atoms with van der Waals surface area (Å²) in [6.07, 6.45) is 0. The number of carbonyl (C=O) groups excluding carboxylic acids is 2. The number of anilines is 1. The van der Waals surface area contributed by atoms with Gasteiger partial charge in [0.2, 0.25) is 10.0 Å². The molecule has 0 atom stereocenters. The van der Waals surface area contributed by atoms with Crippen LogP contribution in [0.2, 0.25) is 0 Å². The number of ether oxygens (including phenoxy) is 2. The Morgan fingerprint density at radius 3 is 2.36 bits per heavy atom. The SMILES string of the molecule is CCOc1ccc(S(=O)(=O)NCC(=O)OCC(=O)Nc2ccccc2C)cc1. The van der Waals surface area contributed by atoms with Crippen LogP contribution in [0.5, 0.6) is 5.75 Å². The van der Waals surface area contributed by atoms with Gasteiger partial charge in [-0.1, -0.05) is 18.2 Å². The lowest BCUT2D eigenvalue weighted by atomic mass is 10.2. The quantitative estimate of drug-likeness (QED) is 0.615. The van der Waals surface area contributed by atoms with Gasteiger partial charge in [0.25, 0.3) is 5.91 Å². The summed E-state index contributed by atoms with van der Waals surface area (Å²) >= 11 is 0. The zero-order valence-corrected chi connectivity index (χ0v) is 16.4. The van der Waals surface area contributed by atoms with Crippen molar-refractivity contribution in [3.05, 3.63) is 54.1 Å². The summed E-state index contributed by atoms with van der Waals surface area (Å²) < 4.78 is 36.6. The highest BCUT2D eigenvalue weighted by molar-refractivity contribution is 7.89. The largest absolute Gasteiger partial charge is 0.494 e. The average molecular weight is 406 g/mol. The highest BCUT2D eigenvalue weighted by atomic mass is 32.2. The van der Waals surface area contributed by atoms with Crippen LogP contribution in [-0.4, -0.2) is 40.1 Å². The molecule has 2 aromatic carbocycles. The summed E-state index contributed by atoms with van der Waals surface area (Å²) in [5, 5.41) is 2.61. The third kappa shape index (κ3) is 6.36. The summed E-state index contributed by atoms with van der Waals surface area (Å²) in [5.74, 6) is -0.841. The van der Waals surface area contributed by atoms with E-state index in [0.717, 1.165) is 5.56 Å². The number of amides is 1. The Hall–Kier alpha value is -2.91. The highest BCUT2D eigenvalue weighted by Gasteiger charge is 2.17. The summed E-state index contributed by atoms with van der Waals surface area (Å²) in [7, 11) is -3.89. The first-order valence-electron chi connectivity index (χ1n) is 8.55. The van der Waals surface area contributed by atoms with Crippen LogP contribution in [0.3, 0.4) is 0 Å². The maximum absolute atomic E-state index is 12.2. The van der Waals surface area contributed by atoms with Gasteiger partial charge in [-0.3, -0.25) is 9.59 Å². The van der Waals surface area contributed by atoms with Gasteiger partial charge in [-0.2, -0.15) is 4.72 Å². The molecule has 8 nitrogen and oxygen atoms in total. The van der Waals surface area contributed by atoms with E-state index in [4.69, 9.17) is 9.47 Å². The molecule has 0 aliphatic heterocycles. The molecule has 0 aliphatic carbocycles. The monoisotopic (exact) mass is 406 g/mol. The van der Waals surface area contributed by atoms with Crippen LogP contribution in [0, 0.1) is 6.92 Å². The van der Waals surface area contributed by atoms with Gasteiger partial charge in [0, 0.05) is 5.69 Å². The molecule has 0 fully saturated rings. The lowest BCUT2D eigenvalue weighted by Crippen LogP contribution is -2.32. The molecule has 0 aromatic heterocycles. The molecule has 150 valence electrons. The Balaban J connectivity index is 1.81. The Kier molecular flexibility index (Phi) is 7.53. The number of benzene rings is 2. The fraction of sp³-hybridized carbons (Fsp3) is 0.263.